The summed E-state index contributed by atoms with van der Waals surface area (Å²) in [5, 5.41) is 6.49. The minimum absolute atomic E-state index is 1.16. The summed E-state index contributed by atoms with van der Waals surface area (Å²) in [5.41, 5.74) is 6.76. The Kier molecular flexibility index (Phi) is 9.33. The number of hydrogen-bond donors (Lipinski definition) is 0. The third-order valence-electron chi connectivity index (χ3n) is 1.74. The Labute approximate surface area is 124 Å². The van der Waals surface area contributed by atoms with Gasteiger partial charge in [0.25, 0.3) is 0 Å². The van der Waals surface area contributed by atoms with E-state index in [1.165, 1.54) is 24.3 Å². The van der Waals surface area contributed by atoms with Crippen molar-refractivity contribution in [2.45, 2.75) is 52.1 Å². The summed E-state index contributed by atoms with van der Waals surface area (Å²) in [6.45, 7) is 13.7. The minimum atomic E-state index is -1.16. The van der Waals surface area contributed by atoms with Gasteiger partial charge in [-0.05, 0) is 23.3 Å². The van der Waals surface area contributed by atoms with E-state index in [0.717, 1.165) is 0 Å². The fraction of sp³-hybridized carbons (Fsp3) is 0.714. The summed E-state index contributed by atoms with van der Waals surface area (Å²) in [4.78, 5) is 0. The average molecular weight is 315 g/mol. The number of rotatable bonds is 5. The molecule has 0 atom stereocenters. The smallest absolute Gasteiger partial charge is 0.120 e. The van der Waals surface area contributed by atoms with Crippen LogP contribution in [0.2, 0.25) is 39.3 Å². The van der Waals surface area contributed by atoms with Crippen LogP contribution in [-0.4, -0.2) is 27.7 Å². The molecule has 0 unspecified atom stereocenters. The largest absolute Gasteiger partial charge is 0.130 e. The molecular formula is C14H26S2Si2. The van der Waals surface area contributed by atoms with Crippen molar-refractivity contribution < 1.29 is 0 Å². The lowest BCUT2D eigenvalue weighted by molar-refractivity contribution is 0.910. The molecule has 0 aromatic rings. The molecular weight excluding hydrogens is 288 g/mol. The SMILES string of the molecule is C[Si](C)(C)C#CSCCCCSC#C[Si](C)(C)C. The first-order valence-electron chi connectivity index (χ1n) is 6.49. The predicted octanol–water partition coefficient (Wildman–Crippen LogP) is 4.91. The zero-order valence-electron chi connectivity index (χ0n) is 12.6. The van der Waals surface area contributed by atoms with E-state index in [-0.39, 0.29) is 0 Å². The molecule has 0 aliphatic rings. The molecule has 0 fully saturated rings. The highest BCUT2D eigenvalue weighted by Gasteiger charge is 2.07. The van der Waals surface area contributed by atoms with Crippen LogP contribution in [0, 0.1) is 21.6 Å². The van der Waals surface area contributed by atoms with Crippen LogP contribution in [0.4, 0.5) is 0 Å². The molecule has 0 radical (unpaired) electrons. The van der Waals surface area contributed by atoms with Gasteiger partial charge in [-0.15, -0.1) is 11.1 Å². The highest BCUT2D eigenvalue weighted by atomic mass is 32.2. The summed E-state index contributed by atoms with van der Waals surface area (Å²) >= 11 is 3.57. The molecule has 0 spiro atoms. The van der Waals surface area contributed by atoms with Crippen molar-refractivity contribution in [2.24, 2.45) is 0 Å². The van der Waals surface area contributed by atoms with E-state index in [9.17, 15) is 0 Å². The molecule has 0 N–H and O–H groups in total. The van der Waals surface area contributed by atoms with Crippen LogP contribution in [0.5, 0.6) is 0 Å². The van der Waals surface area contributed by atoms with Crippen LogP contribution >= 0.6 is 23.5 Å². The zero-order chi connectivity index (χ0) is 14.1. The van der Waals surface area contributed by atoms with Crippen molar-refractivity contribution in [1.29, 1.82) is 0 Å². The maximum Gasteiger partial charge on any atom is 0.130 e. The third kappa shape index (κ3) is 16.3. The molecule has 0 aliphatic heterocycles. The second kappa shape index (κ2) is 9.20. The van der Waals surface area contributed by atoms with E-state index in [1.54, 1.807) is 23.5 Å². The molecule has 0 saturated heterocycles. The van der Waals surface area contributed by atoms with Crippen molar-refractivity contribution >= 4 is 39.7 Å². The second-order valence-corrected chi connectivity index (χ2v) is 17.7. The molecule has 0 aromatic heterocycles. The van der Waals surface area contributed by atoms with Crippen LogP contribution in [0.3, 0.4) is 0 Å². The molecule has 0 nitrogen and oxygen atoms in total. The van der Waals surface area contributed by atoms with Crippen LogP contribution < -0.4 is 0 Å². The monoisotopic (exact) mass is 314 g/mol. The maximum absolute atomic E-state index is 3.38. The quantitative estimate of drug-likeness (QED) is 0.402. The minimum Gasteiger partial charge on any atom is -0.120 e. The Morgan fingerprint density at radius 3 is 1.28 bits per heavy atom. The van der Waals surface area contributed by atoms with Crippen molar-refractivity contribution in [3.63, 3.8) is 0 Å². The van der Waals surface area contributed by atoms with Gasteiger partial charge in [-0.1, -0.05) is 62.8 Å². The molecule has 0 saturated carbocycles. The molecule has 0 aliphatic carbocycles. The normalized spacial score (nSPS) is 11.2. The van der Waals surface area contributed by atoms with Gasteiger partial charge in [0.15, 0.2) is 0 Å². The van der Waals surface area contributed by atoms with E-state index < -0.39 is 16.1 Å². The molecule has 0 amide bonds. The molecule has 0 rings (SSSR count). The van der Waals surface area contributed by atoms with Gasteiger partial charge in [0.05, 0.1) is 0 Å². The summed E-state index contributed by atoms with van der Waals surface area (Å²) in [7, 11) is -2.32. The number of thioether (sulfide) groups is 2. The predicted molar refractivity (Wildman–Crippen MR) is 96.4 cm³/mol. The molecule has 0 heterocycles. The van der Waals surface area contributed by atoms with E-state index >= 15 is 0 Å². The Morgan fingerprint density at radius 2 is 1.00 bits per heavy atom. The summed E-state index contributed by atoms with van der Waals surface area (Å²) in [6.07, 6.45) is 2.51. The van der Waals surface area contributed by atoms with Crippen LogP contribution in [0.1, 0.15) is 12.8 Å². The van der Waals surface area contributed by atoms with Gasteiger partial charge in [-0.3, -0.25) is 0 Å². The van der Waals surface area contributed by atoms with Crippen LogP contribution in [-0.2, 0) is 0 Å². The Morgan fingerprint density at radius 1 is 0.667 bits per heavy atom. The van der Waals surface area contributed by atoms with Crippen LogP contribution in [0.15, 0.2) is 0 Å². The Hall–Kier alpha value is 0.254. The van der Waals surface area contributed by atoms with Gasteiger partial charge >= 0.3 is 0 Å². The fourth-order valence-electron chi connectivity index (χ4n) is 0.829. The topological polar surface area (TPSA) is 0 Å². The van der Waals surface area contributed by atoms with Crippen molar-refractivity contribution in [3.8, 4) is 21.6 Å². The van der Waals surface area contributed by atoms with Gasteiger partial charge in [0.2, 0.25) is 0 Å². The van der Waals surface area contributed by atoms with Gasteiger partial charge in [0, 0.05) is 11.5 Å². The Bertz CT molecular complexity index is 306. The number of hydrogen-bond acceptors (Lipinski definition) is 2. The maximum atomic E-state index is 3.38. The first-order valence-corrected chi connectivity index (χ1v) is 15.5. The molecule has 102 valence electrons. The second-order valence-electron chi connectivity index (χ2n) is 6.36. The standard InChI is InChI=1S/C14H26S2Si2/c1-17(2,3)13-11-15-9-7-8-10-16-12-14-18(4,5)6/h7-10H2,1-6H3. The van der Waals surface area contributed by atoms with Gasteiger partial charge in [-0.2, -0.15) is 0 Å². The van der Waals surface area contributed by atoms with Crippen LogP contribution in [0.25, 0.3) is 0 Å². The highest BCUT2D eigenvalue weighted by molar-refractivity contribution is 8.04. The summed E-state index contributed by atoms with van der Waals surface area (Å²) < 4.78 is 0. The van der Waals surface area contributed by atoms with E-state index in [2.05, 4.69) is 60.9 Å². The lowest BCUT2D eigenvalue weighted by Gasteiger charge is -2.03. The Balaban J connectivity index is 3.47. The molecule has 0 aromatic carbocycles. The van der Waals surface area contributed by atoms with E-state index in [1.807, 2.05) is 0 Å². The average Bonchev–Trinajstić information content (AvgIpc) is 2.17. The van der Waals surface area contributed by atoms with Crippen molar-refractivity contribution in [2.75, 3.05) is 11.5 Å². The molecule has 0 bridgehead atoms. The number of unbranched alkanes of at least 4 members (excludes halogenated alkanes) is 1. The lowest BCUT2D eigenvalue weighted by atomic mass is 10.4. The lowest BCUT2D eigenvalue weighted by Crippen LogP contribution is -2.16. The summed E-state index contributed by atoms with van der Waals surface area (Å²) in [6, 6.07) is 0. The fourth-order valence-corrected chi connectivity index (χ4v) is 4.76. The van der Waals surface area contributed by atoms with E-state index in [0.29, 0.717) is 0 Å². The van der Waals surface area contributed by atoms with Crippen molar-refractivity contribution in [1.82, 2.24) is 0 Å². The first kappa shape index (κ1) is 18.3. The molecule has 18 heavy (non-hydrogen) atoms. The van der Waals surface area contributed by atoms with E-state index in [4.69, 9.17) is 0 Å². The molecule has 4 heteroatoms. The van der Waals surface area contributed by atoms with Crippen molar-refractivity contribution in [3.05, 3.63) is 0 Å². The summed E-state index contributed by atoms with van der Waals surface area (Å²) in [5.74, 6) is 2.33. The first-order chi connectivity index (χ1) is 8.21. The zero-order valence-corrected chi connectivity index (χ0v) is 16.3. The van der Waals surface area contributed by atoms with Gasteiger partial charge < -0.3 is 0 Å². The third-order valence-corrected chi connectivity index (χ3v) is 5.33. The highest BCUT2D eigenvalue weighted by Crippen LogP contribution is 2.08. The van der Waals surface area contributed by atoms with Gasteiger partial charge in [-0.25, -0.2) is 0 Å². The van der Waals surface area contributed by atoms with Gasteiger partial charge in [0.1, 0.15) is 16.1 Å².